The van der Waals surface area contributed by atoms with Gasteiger partial charge in [0.2, 0.25) is 6.23 Å². The van der Waals surface area contributed by atoms with Gasteiger partial charge < -0.3 is 14.6 Å². The SMILES string of the molecule is COc1cccc2c1OC(c1ccncc1)N1N=C(c3cc(C)ccc3O)CC21. The molecule has 2 atom stereocenters. The van der Waals surface area contributed by atoms with E-state index in [9.17, 15) is 5.11 Å². The fourth-order valence-corrected chi connectivity index (χ4v) is 4.04. The smallest absolute Gasteiger partial charge is 0.214 e. The molecule has 6 nitrogen and oxygen atoms in total. The number of para-hydroxylation sites is 1. The first-order valence-corrected chi connectivity index (χ1v) is 9.55. The van der Waals surface area contributed by atoms with Gasteiger partial charge in [-0.3, -0.25) is 4.98 Å². The lowest BCUT2D eigenvalue weighted by atomic mass is 9.95. The number of methoxy groups -OCH3 is 1. The zero-order valence-corrected chi connectivity index (χ0v) is 16.2. The predicted octanol–water partition coefficient (Wildman–Crippen LogP) is 4.35. The van der Waals surface area contributed by atoms with E-state index < -0.39 is 6.23 Å². The number of phenols is 1. The summed E-state index contributed by atoms with van der Waals surface area (Å²) in [4.78, 5) is 4.12. The minimum absolute atomic E-state index is 0.0121. The third-order valence-electron chi connectivity index (χ3n) is 5.45. The van der Waals surface area contributed by atoms with Crippen molar-refractivity contribution in [1.82, 2.24) is 9.99 Å². The van der Waals surface area contributed by atoms with E-state index in [4.69, 9.17) is 14.6 Å². The number of aromatic hydroxyl groups is 1. The summed E-state index contributed by atoms with van der Waals surface area (Å²) in [6, 6.07) is 15.4. The standard InChI is InChI=1S/C23H21N3O3/c1-14-6-7-20(27)17(12-14)18-13-19-16-4-3-5-21(28-2)22(16)29-23(26(19)25-18)15-8-10-24-11-9-15/h3-12,19,23,27H,13H2,1-2H3. The van der Waals surface area contributed by atoms with Gasteiger partial charge in [0.25, 0.3) is 0 Å². The summed E-state index contributed by atoms with van der Waals surface area (Å²) in [7, 11) is 1.65. The average Bonchev–Trinajstić information content (AvgIpc) is 3.20. The maximum absolute atomic E-state index is 10.4. The Hall–Kier alpha value is -3.54. The van der Waals surface area contributed by atoms with Crippen molar-refractivity contribution in [1.29, 1.82) is 0 Å². The lowest BCUT2D eigenvalue weighted by Gasteiger charge is -2.38. The Kier molecular flexibility index (Phi) is 4.12. The Balaban J connectivity index is 1.64. The normalized spacial score (nSPS) is 19.8. The van der Waals surface area contributed by atoms with E-state index in [0.717, 1.165) is 33.7 Å². The molecule has 2 aromatic carbocycles. The van der Waals surface area contributed by atoms with Crippen LogP contribution in [0.15, 0.2) is 66.0 Å². The third kappa shape index (κ3) is 2.88. The van der Waals surface area contributed by atoms with Crippen LogP contribution in [0.4, 0.5) is 0 Å². The molecule has 0 saturated carbocycles. The van der Waals surface area contributed by atoms with Crippen molar-refractivity contribution >= 4 is 5.71 Å². The van der Waals surface area contributed by atoms with Crippen LogP contribution in [0.1, 0.15) is 40.9 Å². The highest BCUT2D eigenvalue weighted by Gasteiger charge is 2.42. The van der Waals surface area contributed by atoms with Gasteiger partial charge in [-0.1, -0.05) is 23.8 Å². The summed E-state index contributed by atoms with van der Waals surface area (Å²) >= 11 is 0. The van der Waals surface area contributed by atoms with Crippen LogP contribution < -0.4 is 9.47 Å². The molecule has 0 fully saturated rings. The molecule has 0 bridgehead atoms. The predicted molar refractivity (Wildman–Crippen MR) is 109 cm³/mol. The van der Waals surface area contributed by atoms with Gasteiger partial charge in [-0.25, -0.2) is 5.01 Å². The van der Waals surface area contributed by atoms with E-state index in [1.807, 2.05) is 54.4 Å². The van der Waals surface area contributed by atoms with Crippen molar-refractivity contribution in [2.75, 3.05) is 7.11 Å². The van der Waals surface area contributed by atoms with Crippen molar-refractivity contribution in [3.63, 3.8) is 0 Å². The highest BCUT2D eigenvalue weighted by atomic mass is 16.5. The van der Waals surface area contributed by atoms with Crippen molar-refractivity contribution in [3.8, 4) is 17.2 Å². The second kappa shape index (κ2) is 6.81. The zero-order valence-electron chi connectivity index (χ0n) is 16.2. The Morgan fingerprint density at radius 2 is 1.97 bits per heavy atom. The molecule has 6 heteroatoms. The number of benzene rings is 2. The second-order valence-electron chi connectivity index (χ2n) is 7.30. The zero-order chi connectivity index (χ0) is 20.0. The van der Waals surface area contributed by atoms with Gasteiger partial charge in [-0.15, -0.1) is 0 Å². The molecule has 5 rings (SSSR count). The van der Waals surface area contributed by atoms with E-state index in [0.29, 0.717) is 12.2 Å². The Bertz CT molecular complexity index is 1100. The first-order valence-electron chi connectivity index (χ1n) is 9.55. The number of pyridine rings is 1. The van der Waals surface area contributed by atoms with Crippen LogP contribution in [0.3, 0.4) is 0 Å². The maximum Gasteiger partial charge on any atom is 0.214 e. The molecule has 29 heavy (non-hydrogen) atoms. The van der Waals surface area contributed by atoms with Crippen molar-refractivity contribution in [2.45, 2.75) is 25.6 Å². The Morgan fingerprint density at radius 3 is 2.76 bits per heavy atom. The van der Waals surface area contributed by atoms with Gasteiger partial charge in [0.15, 0.2) is 11.5 Å². The molecule has 3 heterocycles. The number of aromatic nitrogens is 1. The highest BCUT2D eigenvalue weighted by Crippen LogP contribution is 2.50. The molecule has 0 radical (unpaired) electrons. The monoisotopic (exact) mass is 387 g/mol. The molecule has 2 aliphatic heterocycles. The van der Waals surface area contributed by atoms with Crippen LogP contribution in [-0.4, -0.2) is 27.9 Å². The molecule has 2 aliphatic rings. The van der Waals surface area contributed by atoms with Crippen LogP contribution in [0.5, 0.6) is 17.2 Å². The average molecular weight is 387 g/mol. The molecular formula is C23H21N3O3. The van der Waals surface area contributed by atoms with Crippen LogP contribution in [-0.2, 0) is 0 Å². The summed E-state index contributed by atoms with van der Waals surface area (Å²) in [6.07, 6.45) is 3.76. The summed E-state index contributed by atoms with van der Waals surface area (Å²) in [5.41, 5.74) is 4.67. The third-order valence-corrected chi connectivity index (χ3v) is 5.45. The van der Waals surface area contributed by atoms with Gasteiger partial charge in [0.05, 0.1) is 18.9 Å². The number of rotatable bonds is 3. The Labute approximate surface area is 169 Å². The lowest BCUT2D eigenvalue weighted by Crippen LogP contribution is -2.33. The summed E-state index contributed by atoms with van der Waals surface area (Å²) in [5.74, 6) is 1.68. The number of fused-ring (bicyclic) bond motifs is 3. The van der Waals surface area contributed by atoms with Gasteiger partial charge in [-0.05, 0) is 37.3 Å². The largest absolute Gasteiger partial charge is 0.507 e. The van der Waals surface area contributed by atoms with Gasteiger partial charge in [0.1, 0.15) is 5.75 Å². The fourth-order valence-electron chi connectivity index (χ4n) is 4.04. The Morgan fingerprint density at radius 1 is 1.14 bits per heavy atom. The van der Waals surface area contributed by atoms with E-state index in [-0.39, 0.29) is 11.8 Å². The van der Waals surface area contributed by atoms with Crippen LogP contribution in [0, 0.1) is 6.92 Å². The fraction of sp³-hybridized carbons (Fsp3) is 0.217. The molecular weight excluding hydrogens is 366 g/mol. The van der Waals surface area contributed by atoms with Crippen LogP contribution >= 0.6 is 0 Å². The van der Waals surface area contributed by atoms with Crippen molar-refractivity contribution < 1.29 is 14.6 Å². The minimum Gasteiger partial charge on any atom is -0.507 e. The molecule has 0 amide bonds. The molecule has 0 saturated heterocycles. The number of hydrogen-bond acceptors (Lipinski definition) is 6. The van der Waals surface area contributed by atoms with E-state index in [2.05, 4.69) is 4.98 Å². The molecule has 1 aromatic heterocycles. The molecule has 3 aromatic rings. The van der Waals surface area contributed by atoms with Gasteiger partial charge in [-0.2, -0.15) is 5.10 Å². The molecule has 2 unspecified atom stereocenters. The first-order chi connectivity index (χ1) is 14.2. The molecule has 1 N–H and O–H groups in total. The minimum atomic E-state index is -0.406. The topological polar surface area (TPSA) is 67.2 Å². The van der Waals surface area contributed by atoms with E-state index >= 15 is 0 Å². The molecule has 146 valence electrons. The van der Waals surface area contributed by atoms with E-state index in [1.165, 1.54) is 0 Å². The van der Waals surface area contributed by atoms with E-state index in [1.54, 1.807) is 25.6 Å². The van der Waals surface area contributed by atoms with Crippen LogP contribution in [0.25, 0.3) is 0 Å². The summed E-state index contributed by atoms with van der Waals surface area (Å²) in [5, 5.41) is 17.3. The number of phenolic OH excluding ortho intramolecular Hbond substituents is 1. The highest BCUT2D eigenvalue weighted by molar-refractivity contribution is 6.04. The number of nitrogens with zero attached hydrogens (tertiary/aromatic N) is 3. The number of aryl methyl sites for hydroxylation is 1. The quantitative estimate of drug-likeness (QED) is 0.724. The number of ether oxygens (including phenoxy) is 2. The van der Waals surface area contributed by atoms with Gasteiger partial charge >= 0.3 is 0 Å². The maximum atomic E-state index is 10.4. The van der Waals surface area contributed by atoms with Crippen molar-refractivity contribution in [3.05, 3.63) is 83.2 Å². The molecule has 0 aliphatic carbocycles. The summed E-state index contributed by atoms with van der Waals surface area (Å²) < 4.78 is 12.0. The van der Waals surface area contributed by atoms with Gasteiger partial charge in [0, 0.05) is 35.5 Å². The number of hydrazone groups is 1. The van der Waals surface area contributed by atoms with Crippen LogP contribution in [0.2, 0.25) is 0 Å². The number of hydrogen-bond donors (Lipinski definition) is 1. The first kappa shape index (κ1) is 17.6. The second-order valence-corrected chi connectivity index (χ2v) is 7.30. The lowest BCUT2D eigenvalue weighted by molar-refractivity contribution is -0.0209. The molecule has 0 spiro atoms. The van der Waals surface area contributed by atoms with Crippen molar-refractivity contribution in [2.24, 2.45) is 5.10 Å². The summed E-state index contributed by atoms with van der Waals surface area (Å²) in [6.45, 7) is 2.01.